The molecule has 1 amide bonds. The summed E-state index contributed by atoms with van der Waals surface area (Å²) in [6, 6.07) is 10.5. The Kier molecular flexibility index (Phi) is 5.28. The van der Waals surface area contributed by atoms with Crippen molar-refractivity contribution in [3.63, 3.8) is 0 Å². The van der Waals surface area contributed by atoms with Crippen molar-refractivity contribution in [2.45, 2.75) is 13.0 Å². The molecule has 0 bridgehead atoms. The van der Waals surface area contributed by atoms with Gasteiger partial charge in [-0.1, -0.05) is 17.7 Å². The number of aryl methyl sites for hydroxylation is 1. The summed E-state index contributed by atoms with van der Waals surface area (Å²) in [5.41, 5.74) is 1.71. The first kappa shape index (κ1) is 17.4. The molecule has 1 saturated heterocycles. The topological polar surface area (TPSA) is 38.8 Å². The zero-order chi connectivity index (χ0) is 17.8. The summed E-state index contributed by atoms with van der Waals surface area (Å²) < 4.78 is 37.5. The first-order valence-corrected chi connectivity index (χ1v) is 8.08. The van der Waals surface area contributed by atoms with Gasteiger partial charge in [0.1, 0.15) is 18.5 Å². The first-order valence-electron chi connectivity index (χ1n) is 8.08. The second-order valence-electron chi connectivity index (χ2n) is 6.00. The van der Waals surface area contributed by atoms with Gasteiger partial charge in [-0.25, -0.2) is 8.78 Å². The molecular weight excluding hydrogens is 328 g/mol. The van der Waals surface area contributed by atoms with Crippen molar-refractivity contribution in [3.05, 3.63) is 65.2 Å². The van der Waals surface area contributed by atoms with Crippen molar-refractivity contribution >= 4 is 5.91 Å². The maximum absolute atomic E-state index is 13.6. The normalized spacial score (nSPS) is 17.4. The fourth-order valence-electron chi connectivity index (χ4n) is 2.66. The Morgan fingerprint density at radius 2 is 2.00 bits per heavy atom. The average molecular weight is 347 g/mol. The minimum absolute atomic E-state index is 0.0352. The Morgan fingerprint density at radius 1 is 1.24 bits per heavy atom. The molecule has 0 aliphatic carbocycles. The Hall–Kier alpha value is -2.47. The lowest BCUT2D eigenvalue weighted by Gasteiger charge is -2.33. The van der Waals surface area contributed by atoms with E-state index in [1.165, 1.54) is 6.07 Å². The molecule has 1 atom stereocenters. The summed E-state index contributed by atoms with van der Waals surface area (Å²) in [5, 5.41) is 0. The lowest BCUT2D eigenvalue weighted by molar-refractivity contribution is -0.0405. The predicted octanol–water partition coefficient (Wildman–Crippen LogP) is 3.19. The van der Waals surface area contributed by atoms with Crippen LogP contribution >= 0.6 is 0 Å². The van der Waals surface area contributed by atoms with Crippen LogP contribution in [-0.4, -0.2) is 43.2 Å². The third-order valence-corrected chi connectivity index (χ3v) is 4.04. The summed E-state index contributed by atoms with van der Waals surface area (Å²) in [6.07, 6.45) is -0.368. The van der Waals surface area contributed by atoms with E-state index in [-0.39, 0.29) is 24.4 Å². The summed E-state index contributed by atoms with van der Waals surface area (Å²) in [4.78, 5) is 14.2. The maximum Gasteiger partial charge on any atom is 0.254 e. The molecule has 0 spiro atoms. The van der Waals surface area contributed by atoms with Gasteiger partial charge in [-0.3, -0.25) is 4.79 Å². The van der Waals surface area contributed by atoms with Crippen LogP contribution in [0.3, 0.4) is 0 Å². The number of hydrogen-bond acceptors (Lipinski definition) is 3. The van der Waals surface area contributed by atoms with Crippen molar-refractivity contribution < 1.29 is 23.0 Å². The number of carbonyl (C=O) groups is 1. The van der Waals surface area contributed by atoms with Gasteiger partial charge >= 0.3 is 0 Å². The zero-order valence-corrected chi connectivity index (χ0v) is 13.9. The number of morpholine rings is 1. The molecule has 2 aromatic carbocycles. The molecule has 0 saturated carbocycles. The van der Waals surface area contributed by atoms with E-state index in [4.69, 9.17) is 9.47 Å². The molecular formula is C19H19F2NO3. The second-order valence-corrected chi connectivity index (χ2v) is 6.00. The molecule has 4 nitrogen and oxygen atoms in total. The number of nitrogens with zero attached hydrogens (tertiary/aromatic N) is 1. The second kappa shape index (κ2) is 7.61. The fourth-order valence-corrected chi connectivity index (χ4v) is 2.66. The molecule has 0 unspecified atom stereocenters. The van der Waals surface area contributed by atoms with E-state index in [1.807, 2.05) is 19.1 Å². The average Bonchev–Trinajstić information content (AvgIpc) is 2.61. The van der Waals surface area contributed by atoms with Gasteiger partial charge in [0.15, 0.2) is 11.6 Å². The van der Waals surface area contributed by atoms with Crippen LogP contribution in [0.2, 0.25) is 0 Å². The Morgan fingerprint density at radius 3 is 2.72 bits per heavy atom. The van der Waals surface area contributed by atoms with Crippen LogP contribution in [0.1, 0.15) is 15.9 Å². The molecule has 6 heteroatoms. The lowest BCUT2D eigenvalue weighted by atomic mass is 10.1. The highest BCUT2D eigenvalue weighted by Crippen LogP contribution is 2.19. The van der Waals surface area contributed by atoms with E-state index in [0.29, 0.717) is 25.3 Å². The SMILES string of the molecule is Cc1ccc(C(=O)N2CCO[C@H](COc3ccc(F)cc3F)C2)cc1. The number of hydrogen-bond donors (Lipinski definition) is 0. The highest BCUT2D eigenvalue weighted by atomic mass is 19.1. The molecule has 0 N–H and O–H groups in total. The van der Waals surface area contributed by atoms with Crippen LogP contribution in [0.15, 0.2) is 42.5 Å². The molecule has 2 aromatic rings. The molecule has 1 heterocycles. The van der Waals surface area contributed by atoms with Gasteiger partial charge in [-0.15, -0.1) is 0 Å². The van der Waals surface area contributed by atoms with Gasteiger partial charge in [0.25, 0.3) is 5.91 Å². The van der Waals surface area contributed by atoms with Gasteiger partial charge in [0, 0.05) is 18.2 Å². The standard InChI is InChI=1S/C19H19F2NO3/c1-13-2-4-14(5-3-13)19(23)22-8-9-24-16(11-22)12-25-18-7-6-15(20)10-17(18)21/h2-7,10,16H,8-9,11-12H2,1H3/t16-/m0/s1. The monoisotopic (exact) mass is 347 g/mol. The van der Waals surface area contributed by atoms with E-state index >= 15 is 0 Å². The Bertz CT molecular complexity index is 749. The van der Waals surface area contributed by atoms with Gasteiger partial charge in [0.2, 0.25) is 0 Å². The summed E-state index contributed by atoms with van der Waals surface area (Å²) >= 11 is 0. The number of rotatable bonds is 4. The first-order chi connectivity index (χ1) is 12.0. The Balaban J connectivity index is 1.59. The van der Waals surface area contributed by atoms with Crippen molar-refractivity contribution in [3.8, 4) is 5.75 Å². The van der Waals surface area contributed by atoms with Crippen LogP contribution in [-0.2, 0) is 4.74 Å². The zero-order valence-electron chi connectivity index (χ0n) is 13.9. The van der Waals surface area contributed by atoms with E-state index in [9.17, 15) is 13.6 Å². The third-order valence-electron chi connectivity index (χ3n) is 4.04. The van der Waals surface area contributed by atoms with Crippen molar-refractivity contribution in [2.24, 2.45) is 0 Å². The lowest BCUT2D eigenvalue weighted by Crippen LogP contribution is -2.47. The number of benzene rings is 2. The minimum atomic E-state index is -0.761. The molecule has 1 aliphatic rings. The van der Waals surface area contributed by atoms with Crippen LogP contribution in [0.4, 0.5) is 8.78 Å². The van der Waals surface area contributed by atoms with Crippen molar-refractivity contribution in [1.82, 2.24) is 4.90 Å². The summed E-state index contributed by atoms with van der Waals surface area (Å²) in [7, 11) is 0. The molecule has 1 aliphatic heterocycles. The van der Waals surface area contributed by atoms with Crippen molar-refractivity contribution in [2.75, 3.05) is 26.3 Å². The van der Waals surface area contributed by atoms with E-state index in [0.717, 1.165) is 17.7 Å². The summed E-state index contributed by atoms with van der Waals surface area (Å²) in [5.74, 6) is -1.52. The van der Waals surface area contributed by atoms with Crippen LogP contribution in [0.5, 0.6) is 5.75 Å². The van der Waals surface area contributed by atoms with Gasteiger partial charge in [0.05, 0.1) is 13.2 Å². The van der Waals surface area contributed by atoms with Gasteiger partial charge < -0.3 is 14.4 Å². The molecule has 25 heavy (non-hydrogen) atoms. The number of carbonyl (C=O) groups excluding carboxylic acids is 1. The van der Waals surface area contributed by atoms with Crippen LogP contribution in [0.25, 0.3) is 0 Å². The largest absolute Gasteiger partial charge is 0.488 e. The maximum atomic E-state index is 13.6. The molecule has 0 aromatic heterocycles. The van der Waals surface area contributed by atoms with Crippen molar-refractivity contribution in [1.29, 1.82) is 0 Å². The smallest absolute Gasteiger partial charge is 0.254 e. The number of ether oxygens (including phenoxy) is 2. The molecule has 132 valence electrons. The van der Waals surface area contributed by atoms with E-state index in [2.05, 4.69) is 0 Å². The number of halogens is 2. The molecule has 0 radical (unpaired) electrons. The van der Waals surface area contributed by atoms with E-state index < -0.39 is 11.6 Å². The highest BCUT2D eigenvalue weighted by molar-refractivity contribution is 5.94. The van der Waals surface area contributed by atoms with Crippen LogP contribution in [0, 0.1) is 18.6 Å². The molecule has 1 fully saturated rings. The van der Waals surface area contributed by atoms with Crippen LogP contribution < -0.4 is 4.74 Å². The predicted molar refractivity (Wildman–Crippen MR) is 88.7 cm³/mol. The Labute approximate surface area is 145 Å². The summed E-state index contributed by atoms with van der Waals surface area (Å²) in [6.45, 7) is 3.28. The van der Waals surface area contributed by atoms with Gasteiger partial charge in [-0.05, 0) is 31.2 Å². The minimum Gasteiger partial charge on any atom is -0.488 e. The third kappa shape index (κ3) is 4.33. The quantitative estimate of drug-likeness (QED) is 0.853. The fraction of sp³-hybridized carbons (Fsp3) is 0.316. The highest BCUT2D eigenvalue weighted by Gasteiger charge is 2.25. The van der Waals surface area contributed by atoms with Gasteiger partial charge in [-0.2, -0.15) is 0 Å². The van der Waals surface area contributed by atoms with E-state index in [1.54, 1.807) is 17.0 Å². The number of amides is 1. The molecule has 3 rings (SSSR count).